The number of carboxylic acids is 1. The zero-order chi connectivity index (χ0) is 19.6. The number of carboxylic acid groups (broad SMARTS) is 1. The van der Waals surface area contributed by atoms with Gasteiger partial charge in [-0.15, -0.1) is 5.48 Å². The lowest BCUT2D eigenvalue weighted by Gasteiger charge is -2.19. The summed E-state index contributed by atoms with van der Waals surface area (Å²) in [5.41, 5.74) is 2.05. The Bertz CT molecular complexity index is 597. The number of carbonyl (C=O) groups is 3. The summed E-state index contributed by atoms with van der Waals surface area (Å²) in [6, 6.07) is 7.25. The third-order valence-corrected chi connectivity index (χ3v) is 3.19. The number of unbranched alkanes of at least 4 members (excludes halogenated alkanes) is 1. The Kier molecular flexibility index (Phi) is 8.57. The molecule has 1 aromatic rings. The first-order valence-corrected chi connectivity index (χ1v) is 8.40. The zero-order valence-corrected chi connectivity index (χ0v) is 15.3. The molecule has 0 heterocycles. The number of alkyl carbamates (subject to hydrolysis) is 1. The second-order valence-electron chi connectivity index (χ2n) is 6.69. The highest BCUT2D eigenvalue weighted by atomic mass is 16.7. The van der Waals surface area contributed by atoms with Crippen molar-refractivity contribution >= 4 is 18.0 Å². The van der Waals surface area contributed by atoms with Crippen LogP contribution < -0.4 is 10.8 Å². The fraction of sp³-hybridized carbons (Fsp3) is 0.500. The maximum absolute atomic E-state index is 11.8. The van der Waals surface area contributed by atoms with Crippen LogP contribution in [-0.4, -0.2) is 41.3 Å². The monoisotopic (exact) mass is 366 g/mol. The average Bonchev–Trinajstić information content (AvgIpc) is 2.55. The number of hydrogen-bond donors (Lipinski definition) is 3. The summed E-state index contributed by atoms with van der Waals surface area (Å²) in [4.78, 5) is 39.4. The molecule has 0 saturated heterocycles. The molecule has 8 nitrogen and oxygen atoms in total. The van der Waals surface area contributed by atoms with Crippen LogP contribution in [0.15, 0.2) is 30.3 Å². The molecule has 1 aromatic carbocycles. The Balaban J connectivity index is 2.28. The van der Waals surface area contributed by atoms with E-state index in [1.807, 2.05) is 0 Å². The van der Waals surface area contributed by atoms with Crippen LogP contribution in [0.5, 0.6) is 0 Å². The van der Waals surface area contributed by atoms with Crippen LogP contribution in [0.3, 0.4) is 0 Å². The standard InChI is InChI=1S/C18H26N2O6/c1-18(2,3)25-17(24)19-12-8-7-11-14(15(21)22)20-26-16(23)13-9-5-4-6-10-13/h4-6,9-10,14,20H,7-8,11-12H2,1-3H3,(H,19,24)(H,21,22)/t14-/m0/s1. The van der Waals surface area contributed by atoms with Gasteiger partial charge < -0.3 is 20.0 Å². The smallest absolute Gasteiger partial charge is 0.407 e. The van der Waals surface area contributed by atoms with Crippen molar-refractivity contribution in [1.29, 1.82) is 0 Å². The number of benzene rings is 1. The Morgan fingerprint density at radius 3 is 2.35 bits per heavy atom. The van der Waals surface area contributed by atoms with E-state index in [9.17, 15) is 19.5 Å². The maximum atomic E-state index is 11.8. The Morgan fingerprint density at radius 1 is 1.12 bits per heavy atom. The minimum Gasteiger partial charge on any atom is -0.480 e. The first-order chi connectivity index (χ1) is 12.2. The van der Waals surface area contributed by atoms with Crippen molar-refractivity contribution in [2.24, 2.45) is 0 Å². The van der Waals surface area contributed by atoms with Gasteiger partial charge in [-0.05, 0) is 52.2 Å². The molecule has 144 valence electrons. The van der Waals surface area contributed by atoms with Gasteiger partial charge in [0.15, 0.2) is 0 Å². The van der Waals surface area contributed by atoms with Crippen molar-refractivity contribution in [2.45, 2.75) is 51.7 Å². The van der Waals surface area contributed by atoms with Crippen molar-refractivity contribution in [2.75, 3.05) is 6.54 Å². The molecule has 1 atom stereocenters. The minimum atomic E-state index is -1.12. The van der Waals surface area contributed by atoms with Gasteiger partial charge in [-0.25, -0.2) is 9.59 Å². The molecule has 0 bridgehead atoms. The number of hydroxylamine groups is 1. The minimum absolute atomic E-state index is 0.243. The van der Waals surface area contributed by atoms with E-state index >= 15 is 0 Å². The number of amides is 1. The lowest BCUT2D eigenvalue weighted by molar-refractivity contribution is -0.142. The molecule has 0 unspecified atom stereocenters. The van der Waals surface area contributed by atoms with Crippen molar-refractivity contribution < 1.29 is 29.1 Å². The van der Waals surface area contributed by atoms with E-state index in [1.165, 1.54) is 0 Å². The van der Waals surface area contributed by atoms with Crippen LogP contribution in [0.1, 0.15) is 50.4 Å². The van der Waals surface area contributed by atoms with Gasteiger partial charge in [-0.1, -0.05) is 18.2 Å². The van der Waals surface area contributed by atoms with E-state index in [0.29, 0.717) is 24.9 Å². The lowest BCUT2D eigenvalue weighted by atomic mass is 10.1. The molecule has 3 N–H and O–H groups in total. The molecule has 1 amide bonds. The highest BCUT2D eigenvalue weighted by Gasteiger charge is 2.20. The van der Waals surface area contributed by atoms with Gasteiger partial charge in [0.2, 0.25) is 0 Å². The zero-order valence-electron chi connectivity index (χ0n) is 15.3. The first kappa shape index (κ1) is 21.4. The van der Waals surface area contributed by atoms with Crippen LogP contribution >= 0.6 is 0 Å². The summed E-state index contributed by atoms with van der Waals surface area (Å²) in [5, 5.41) is 11.8. The van der Waals surface area contributed by atoms with E-state index in [-0.39, 0.29) is 6.42 Å². The van der Waals surface area contributed by atoms with E-state index < -0.39 is 29.7 Å². The highest BCUT2D eigenvalue weighted by Crippen LogP contribution is 2.07. The SMILES string of the molecule is CC(C)(C)OC(=O)NCCCC[C@H](NOC(=O)c1ccccc1)C(=O)O. The van der Waals surface area contributed by atoms with E-state index in [1.54, 1.807) is 51.1 Å². The molecule has 0 saturated carbocycles. The van der Waals surface area contributed by atoms with Crippen LogP contribution in [0.4, 0.5) is 4.79 Å². The molecule has 0 radical (unpaired) electrons. The number of carbonyl (C=O) groups excluding carboxylic acids is 2. The van der Waals surface area contributed by atoms with Crippen LogP contribution in [0, 0.1) is 0 Å². The molecule has 0 fully saturated rings. The predicted molar refractivity (Wildman–Crippen MR) is 94.5 cm³/mol. The quantitative estimate of drug-likeness (QED) is 0.454. The van der Waals surface area contributed by atoms with Gasteiger partial charge in [0.1, 0.15) is 11.6 Å². The summed E-state index contributed by atoms with van der Waals surface area (Å²) in [6.07, 6.45) is 0.815. The van der Waals surface area contributed by atoms with E-state index in [0.717, 1.165) is 0 Å². The molecule has 8 heteroatoms. The molecule has 0 aliphatic heterocycles. The number of hydrogen-bond acceptors (Lipinski definition) is 6. The predicted octanol–water partition coefficient (Wildman–Crippen LogP) is 2.50. The van der Waals surface area contributed by atoms with Crippen molar-refractivity contribution in [3.05, 3.63) is 35.9 Å². The van der Waals surface area contributed by atoms with Gasteiger partial charge in [0, 0.05) is 6.54 Å². The molecule has 0 aliphatic rings. The third kappa shape index (κ3) is 9.03. The molecular formula is C18H26N2O6. The number of nitrogens with one attached hydrogen (secondary N) is 2. The summed E-state index contributed by atoms with van der Waals surface area (Å²) < 4.78 is 5.10. The average molecular weight is 366 g/mol. The molecule has 0 spiro atoms. The summed E-state index contributed by atoms with van der Waals surface area (Å²) in [6.45, 7) is 5.68. The molecule has 0 aromatic heterocycles. The largest absolute Gasteiger partial charge is 0.480 e. The lowest BCUT2D eigenvalue weighted by Crippen LogP contribution is -2.38. The van der Waals surface area contributed by atoms with E-state index in [2.05, 4.69) is 10.8 Å². The van der Waals surface area contributed by atoms with E-state index in [4.69, 9.17) is 9.57 Å². The van der Waals surface area contributed by atoms with Crippen LogP contribution in [-0.2, 0) is 14.4 Å². The third-order valence-electron chi connectivity index (χ3n) is 3.19. The highest BCUT2D eigenvalue weighted by molar-refractivity contribution is 5.89. The van der Waals surface area contributed by atoms with Gasteiger partial charge in [0.25, 0.3) is 0 Å². The summed E-state index contributed by atoms with van der Waals surface area (Å²) in [5.74, 6) is -1.77. The van der Waals surface area contributed by atoms with Crippen LogP contribution in [0.25, 0.3) is 0 Å². The molecule has 1 rings (SSSR count). The van der Waals surface area contributed by atoms with Gasteiger partial charge in [-0.2, -0.15) is 0 Å². The van der Waals surface area contributed by atoms with Crippen LogP contribution in [0.2, 0.25) is 0 Å². The van der Waals surface area contributed by atoms with Crippen molar-refractivity contribution in [3.8, 4) is 0 Å². The first-order valence-electron chi connectivity index (χ1n) is 8.40. The second kappa shape index (κ2) is 10.4. The fourth-order valence-corrected chi connectivity index (χ4v) is 1.97. The summed E-state index contributed by atoms with van der Waals surface area (Å²) in [7, 11) is 0. The van der Waals surface area contributed by atoms with Crippen molar-refractivity contribution in [3.63, 3.8) is 0 Å². The number of aliphatic carboxylic acids is 1. The summed E-state index contributed by atoms with van der Waals surface area (Å²) >= 11 is 0. The molecule has 26 heavy (non-hydrogen) atoms. The van der Waals surface area contributed by atoms with Gasteiger partial charge in [0.05, 0.1) is 5.56 Å². The topological polar surface area (TPSA) is 114 Å². The Morgan fingerprint density at radius 2 is 1.77 bits per heavy atom. The Labute approximate surface area is 152 Å². The molecule has 0 aliphatic carbocycles. The van der Waals surface area contributed by atoms with Gasteiger partial charge >= 0.3 is 18.0 Å². The normalized spacial score (nSPS) is 12.1. The van der Waals surface area contributed by atoms with Crippen molar-refractivity contribution in [1.82, 2.24) is 10.8 Å². The molecular weight excluding hydrogens is 340 g/mol. The second-order valence-corrected chi connectivity index (χ2v) is 6.69. The Hall–Kier alpha value is -2.61. The van der Waals surface area contributed by atoms with Gasteiger partial charge in [-0.3, -0.25) is 4.79 Å². The number of ether oxygens (including phenoxy) is 1. The maximum Gasteiger partial charge on any atom is 0.407 e. The fourth-order valence-electron chi connectivity index (χ4n) is 1.97. The number of rotatable bonds is 9.